The van der Waals surface area contributed by atoms with Crippen LogP contribution < -0.4 is 10.2 Å². The van der Waals surface area contributed by atoms with Crippen LogP contribution in [-0.2, 0) is 24.2 Å². The molecule has 32 heavy (non-hydrogen) atoms. The van der Waals surface area contributed by atoms with E-state index in [0.717, 1.165) is 35.6 Å². The first-order chi connectivity index (χ1) is 15.8. The zero-order valence-corrected chi connectivity index (χ0v) is 18.5. The minimum absolute atomic E-state index is 0.00253. The number of anilines is 2. The SMILES string of the molecule is O=C(CCCc1nc(-c2cccs2)no1)Nc1ccccc1CN1CCc2ccccc21. The summed E-state index contributed by atoms with van der Waals surface area (Å²) in [7, 11) is 0. The van der Waals surface area contributed by atoms with Gasteiger partial charge in [0.2, 0.25) is 17.6 Å². The van der Waals surface area contributed by atoms with Gasteiger partial charge in [0.25, 0.3) is 0 Å². The molecule has 0 bridgehead atoms. The van der Waals surface area contributed by atoms with Gasteiger partial charge in [0.15, 0.2) is 0 Å². The minimum Gasteiger partial charge on any atom is -0.367 e. The van der Waals surface area contributed by atoms with E-state index in [2.05, 4.69) is 50.7 Å². The summed E-state index contributed by atoms with van der Waals surface area (Å²) in [5.41, 5.74) is 4.67. The van der Waals surface area contributed by atoms with Crippen LogP contribution >= 0.6 is 11.3 Å². The topological polar surface area (TPSA) is 71.3 Å². The van der Waals surface area contributed by atoms with E-state index in [1.165, 1.54) is 11.3 Å². The van der Waals surface area contributed by atoms with Crippen LogP contribution in [0.15, 0.2) is 70.6 Å². The summed E-state index contributed by atoms with van der Waals surface area (Å²) >= 11 is 1.58. The van der Waals surface area contributed by atoms with E-state index in [-0.39, 0.29) is 5.91 Å². The summed E-state index contributed by atoms with van der Waals surface area (Å²) in [6.07, 6.45) is 2.70. The molecule has 162 valence electrons. The van der Waals surface area contributed by atoms with Crippen LogP contribution in [-0.4, -0.2) is 22.6 Å². The summed E-state index contributed by atoms with van der Waals surface area (Å²) in [6.45, 7) is 1.78. The van der Waals surface area contributed by atoms with Crippen molar-refractivity contribution in [3.8, 4) is 10.7 Å². The van der Waals surface area contributed by atoms with E-state index in [1.54, 1.807) is 11.3 Å². The minimum atomic E-state index is -0.00253. The highest BCUT2D eigenvalue weighted by Crippen LogP contribution is 2.30. The molecule has 4 aromatic rings. The Bertz CT molecular complexity index is 1200. The Morgan fingerprint density at radius 3 is 2.88 bits per heavy atom. The maximum Gasteiger partial charge on any atom is 0.226 e. The van der Waals surface area contributed by atoms with Crippen molar-refractivity contribution in [3.05, 3.63) is 83.1 Å². The third-order valence-electron chi connectivity index (χ3n) is 5.64. The van der Waals surface area contributed by atoms with E-state index in [9.17, 15) is 4.79 Å². The summed E-state index contributed by atoms with van der Waals surface area (Å²) < 4.78 is 5.32. The average Bonchev–Trinajstić information content (AvgIpc) is 3.56. The van der Waals surface area contributed by atoms with E-state index in [1.807, 2.05) is 35.7 Å². The molecular weight excluding hydrogens is 420 g/mol. The Morgan fingerprint density at radius 2 is 1.97 bits per heavy atom. The Labute approximate surface area is 190 Å². The van der Waals surface area contributed by atoms with Crippen LogP contribution in [0.3, 0.4) is 0 Å². The molecule has 5 rings (SSSR count). The summed E-state index contributed by atoms with van der Waals surface area (Å²) in [6, 6.07) is 20.5. The van der Waals surface area contributed by atoms with E-state index < -0.39 is 0 Å². The molecule has 1 N–H and O–H groups in total. The molecule has 1 aliphatic rings. The molecule has 1 amide bonds. The van der Waals surface area contributed by atoms with Gasteiger partial charge < -0.3 is 14.7 Å². The highest BCUT2D eigenvalue weighted by molar-refractivity contribution is 7.13. The number of amides is 1. The second-order valence-corrected chi connectivity index (χ2v) is 8.80. The number of carbonyl (C=O) groups is 1. The highest BCUT2D eigenvalue weighted by Gasteiger charge is 2.19. The zero-order valence-electron chi connectivity index (χ0n) is 17.7. The number of benzene rings is 2. The van der Waals surface area contributed by atoms with Crippen molar-refractivity contribution in [2.24, 2.45) is 0 Å². The Kier molecular flexibility index (Phi) is 5.98. The highest BCUT2D eigenvalue weighted by atomic mass is 32.1. The van der Waals surface area contributed by atoms with Crippen molar-refractivity contribution >= 4 is 28.6 Å². The molecule has 6 nitrogen and oxygen atoms in total. The zero-order chi connectivity index (χ0) is 21.8. The van der Waals surface area contributed by atoms with Gasteiger partial charge in [-0.25, -0.2) is 0 Å². The van der Waals surface area contributed by atoms with Crippen molar-refractivity contribution in [2.45, 2.75) is 32.2 Å². The number of thiophene rings is 1. The van der Waals surface area contributed by atoms with Gasteiger partial charge in [-0.15, -0.1) is 11.3 Å². The third-order valence-corrected chi connectivity index (χ3v) is 6.51. The third kappa shape index (κ3) is 4.57. The predicted octanol–water partition coefficient (Wildman–Crippen LogP) is 5.32. The van der Waals surface area contributed by atoms with Crippen LogP contribution in [0.25, 0.3) is 10.7 Å². The molecule has 0 saturated heterocycles. The number of hydrogen-bond acceptors (Lipinski definition) is 6. The van der Waals surface area contributed by atoms with Crippen molar-refractivity contribution in [3.63, 3.8) is 0 Å². The van der Waals surface area contributed by atoms with Crippen molar-refractivity contribution in [1.82, 2.24) is 10.1 Å². The molecule has 0 radical (unpaired) electrons. The maximum atomic E-state index is 12.6. The van der Waals surface area contributed by atoms with Crippen LogP contribution in [0.4, 0.5) is 11.4 Å². The molecule has 2 aromatic heterocycles. The number of fused-ring (bicyclic) bond motifs is 1. The van der Waals surface area contributed by atoms with Crippen LogP contribution in [0.2, 0.25) is 0 Å². The van der Waals surface area contributed by atoms with Gasteiger partial charge in [-0.05, 0) is 47.5 Å². The predicted molar refractivity (Wildman–Crippen MR) is 127 cm³/mol. The monoisotopic (exact) mass is 444 g/mol. The Hall–Kier alpha value is -3.45. The number of para-hydroxylation sites is 2. The van der Waals surface area contributed by atoms with Gasteiger partial charge in [0, 0.05) is 37.3 Å². The molecule has 0 saturated carbocycles. The average molecular weight is 445 g/mol. The second kappa shape index (κ2) is 9.36. The lowest BCUT2D eigenvalue weighted by molar-refractivity contribution is -0.116. The van der Waals surface area contributed by atoms with Crippen LogP contribution in [0, 0.1) is 0 Å². The number of carbonyl (C=O) groups excluding carboxylic acids is 1. The van der Waals surface area contributed by atoms with Crippen LogP contribution in [0.5, 0.6) is 0 Å². The lowest BCUT2D eigenvalue weighted by Crippen LogP contribution is -2.21. The van der Waals surface area contributed by atoms with E-state index in [4.69, 9.17) is 4.52 Å². The summed E-state index contributed by atoms with van der Waals surface area (Å²) in [5, 5.41) is 9.09. The standard InChI is InChI=1S/C25H24N4O2S/c30-23(12-5-13-24-27-25(28-31-24)22-11-6-16-32-22)26-20-9-3-1-8-19(20)17-29-15-14-18-7-2-4-10-21(18)29/h1-4,6-11,16H,5,12-15,17H2,(H,26,30). The molecule has 0 atom stereocenters. The number of nitrogens with one attached hydrogen (secondary N) is 1. The van der Waals surface area contributed by atoms with Crippen molar-refractivity contribution < 1.29 is 9.32 Å². The lowest BCUT2D eigenvalue weighted by Gasteiger charge is -2.21. The fourth-order valence-corrected chi connectivity index (χ4v) is 4.68. The van der Waals surface area contributed by atoms with Gasteiger partial charge in [-0.3, -0.25) is 4.79 Å². The molecule has 0 aliphatic carbocycles. The molecule has 0 spiro atoms. The molecule has 7 heteroatoms. The molecule has 0 fully saturated rings. The number of aryl methyl sites for hydroxylation is 1. The molecule has 3 heterocycles. The molecule has 2 aromatic carbocycles. The smallest absolute Gasteiger partial charge is 0.226 e. The quantitative estimate of drug-likeness (QED) is 0.398. The molecule has 0 unspecified atom stereocenters. The van der Waals surface area contributed by atoms with E-state index >= 15 is 0 Å². The number of rotatable bonds is 8. The lowest BCUT2D eigenvalue weighted by atomic mass is 10.1. The normalized spacial score (nSPS) is 12.7. The van der Waals surface area contributed by atoms with Gasteiger partial charge in [-0.1, -0.05) is 47.6 Å². The largest absolute Gasteiger partial charge is 0.367 e. The van der Waals surface area contributed by atoms with Crippen molar-refractivity contribution in [1.29, 1.82) is 0 Å². The van der Waals surface area contributed by atoms with Gasteiger partial charge >= 0.3 is 0 Å². The molecule has 1 aliphatic heterocycles. The maximum absolute atomic E-state index is 12.6. The van der Waals surface area contributed by atoms with Gasteiger partial charge in [0.1, 0.15) is 0 Å². The Balaban J connectivity index is 1.16. The van der Waals surface area contributed by atoms with E-state index in [0.29, 0.717) is 31.0 Å². The number of aromatic nitrogens is 2. The second-order valence-electron chi connectivity index (χ2n) is 7.85. The van der Waals surface area contributed by atoms with Crippen LogP contribution in [0.1, 0.15) is 29.9 Å². The van der Waals surface area contributed by atoms with Gasteiger partial charge in [-0.2, -0.15) is 4.98 Å². The first-order valence-electron chi connectivity index (χ1n) is 10.8. The number of nitrogens with zero attached hydrogens (tertiary/aromatic N) is 3. The van der Waals surface area contributed by atoms with Crippen molar-refractivity contribution in [2.75, 3.05) is 16.8 Å². The number of hydrogen-bond donors (Lipinski definition) is 1. The molecular formula is C25H24N4O2S. The first-order valence-corrected chi connectivity index (χ1v) is 11.7. The summed E-state index contributed by atoms with van der Waals surface area (Å²) in [5.74, 6) is 1.17. The fourth-order valence-electron chi connectivity index (χ4n) is 4.03. The summed E-state index contributed by atoms with van der Waals surface area (Å²) in [4.78, 5) is 20.4. The Morgan fingerprint density at radius 1 is 1.09 bits per heavy atom. The first kappa shape index (κ1) is 20.5. The van der Waals surface area contributed by atoms with Gasteiger partial charge in [0.05, 0.1) is 4.88 Å². The fraction of sp³-hybridized carbons (Fsp3) is 0.240.